The zero-order chi connectivity index (χ0) is 26.7. The Morgan fingerprint density at radius 2 is 1.84 bits per heavy atom. The average molecular weight is 509 g/mol. The monoisotopic (exact) mass is 508 g/mol. The molecule has 0 saturated heterocycles. The molecule has 0 bridgehead atoms. The van der Waals surface area contributed by atoms with Crippen LogP contribution < -0.4 is 15.6 Å². The molecule has 2 heterocycles. The smallest absolute Gasteiger partial charge is 0.321 e. The van der Waals surface area contributed by atoms with Crippen LogP contribution in [0.25, 0.3) is 16.6 Å². The van der Waals surface area contributed by atoms with Crippen molar-refractivity contribution in [3.05, 3.63) is 89.0 Å². The van der Waals surface area contributed by atoms with Crippen LogP contribution in [0.5, 0.6) is 5.75 Å². The first-order valence-corrected chi connectivity index (χ1v) is 12.2. The van der Waals surface area contributed by atoms with Crippen molar-refractivity contribution in [3.8, 4) is 11.4 Å². The highest BCUT2D eigenvalue weighted by atomic mass is 19.3. The Morgan fingerprint density at radius 1 is 1.11 bits per heavy atom. The number of ether oxygens (including phenoxy) is 1. The molecule has 2 aromatic heterocycles. The molecule has 0 aliphatic rings. The first kappa shape index (κ1) is 26.1. The van der Waals surface area contributed by atoms with Crippen LogP contribution in [0.15, 0.2) is 77.9 Å². The molecule has 0 aliphatic carbocycles. The highest BCUT2D eigenvalue weighted by Gasteiger charge is 2.37. The molecule has 7 nitrogen and oxygen atoms in total. The number of rotatable bonds is 9. The van der Waals surface area contributed by atoms with Gasteiger partial charge in [0.1, 0.15) is 11.9 Å². The number of pyridine rings is 1. The zero-order valence-corrected chi connectivity index (χ0v) is 21.2. The fourth-order valence-corrected chi connectivity index (χ4v) is 4.19. The third-order valence-corrected chi connectivity index (χ3v) is 6.22. The van der Waals surface area contributed by atoms with Gasteiger partial charge in [0.15, 0.2) is 0 Å². The van der Waals surface area contributed by atoms with Gasteiger partial charge >= 0.3 is 5.92 Å². The number of carbonyl (C=O) groups is 1. The van der Waals surface area contributed by atoms with Crippen LogP contribution in [-0.2, 0) is 11.3 Å². The summed E-state index contributed by atoms with van der Waals surface area (Å²) in [7, 11) is 0. The second-order valence-corrected chi connectivity index (χ2v) is 9.37. The molecule has 0 spiro atoms. The van der Waals surface area contributed by atoms with E-state index in [4.69, 9.17) is 4.74 Å². The minimum atomic E-state index is -3.51. The summed E-state index contributed by atoms with van der Waals surface area (Å²) in [5.41, 5.74) is 2.22. The van der Waals surface area contributed by atoms with E-state index in [0.29, 0.717) is 19.2 Å². The molecular formula is C28H30F2N4O3. The van der Waals surface area contributed by atoms with Crippen LogP contribution in [0.1, 0.15) is 39.4 Å². The van der Waals surface area contributed by atoms with Crippen molar-refractivity contribution in [1.29, 1.82) is 0 Å². The number of aromatic nitrogens is 3. The van der Waals surface area contributed by atoms with Gasteiger partial charge in [-0.15, -0.1) is 0 Å². The van der Waals surface area contributed by atoms with Crippen LogP contribution in [0.2, 0.25) is 0 Å². The molecule has 0 saturated carbocycles. The van der Waals surface area contributed by atoms with Gasteiger partial charge in [-0.3, -0.25) is 9.59 Å². The summed E-state index contributed by atoms with van der Waals surface area (Å²) in [6.45, 7) is 6.72. The van der Waals surface area contributed by atoms with Crippen molar-refractivity contribution in [2.75, 3.05) is 0 Å². The third kappa shape index (κ3) is 5.71. The molecule has 194 valence electrons. The second-order valence-electron chi connectivity index (χ2n) is 9.37. The molecule has 4 aromatic rings. The summed E-state index contributed by atoms with van der Waals surface area (Å²) in [6.07, 6.45) is 2.73. The van der Waals surface area contributed by atoms with E-state index >= 15 is 0 Å². The lowest BCUT2D eigenvalue weighted by atomic mass is 9.92. The largest absolute Gasteiger partial charge is 0.484 e. The van der Waals surface area contributed by atoms with Gasteiger partial charge in [-0.05, 0) is 42.7 Å². The lowest BCUT2D eigenvalue weighted by Crippen LogP contribution is -2.49. The number of nitrogens with one attached hydrogen (secondary N) is 1. The number of fused-ring (bicyclic) bond motifs is 1. The van der Waals surface area contributed by atoms with Crippen molar-refractivity contribution in [2.45, 2.75) is 52.3 Å². The number of benzene rings is 2. The molecule has 37 heavy (non-hydrogen) atoms. The fraction of sp³-hybridized carbons (Fsp3) is 0.321. The number of alkyl halides is 2. The number of nitrogens with zero attached hydrogens (tertiary/aromatic N) is 3. The molecule has 0 aliphatic heterocycles. The second kappa shape index (κ2) is 10.5. The number of aryl methyl sites for hydroxylation is 1. The fourth-order valence-electron chi connectivity index (χ4n) is 4.19. The SMILES string of the molecule is CCn1cc(-n2ncc3cc(OC(c4ccccc4)C(NC(=O)C(C)(F)F)C(C)C)ccc32)ccc1=O. The first-order valence-electron chi connectivity index (χ1n) is 12.2. The van der Waals surface area contributed by atoms with Crippen LogP contribution in [0.4, 0.5) is 8.78 Å². The Balaban J connectivity index is 1.69. The minimum Gasteiger partial charge on any atom is -0.484 e. The molecule has 2 aromatic carbocycles. The van der Waals surface area contributed by atoms with Crippen molar-refractivity contribution in [1.82, 2.24) is 19.7 Å². The predicted molar refractivity (Wildman–Crippen MR) is 138 cm³/mol. The van der Waals surface area contributed by atoms with Gasteiger partial charge in [0.2, 0.25) is 0 Å². The summed E-state index contributed by atoms with van der Waals surface area (Å²) in [5.74, 6) is -4.55. The number of carbonyl (C=O) groups excluding carboxylic acids is 1. The Labute approximate surface area is 213 Å². The molecule has 1 N–H and O–H groups in total. The Bertz CT molecular complexity index is 1440. The van der Waals surface area contributed by atoms with Gasteiger partial charge in [0.05, 0.1) is 23.4 Å². The average Bonchev–Trinajstić information content (AvgIpc) is 3.29. The minimum absolute atomic E-state index is 0.0852. The van der Waals surface area contributed by atoms with Gasteiger partial charge in [-0.2, -0.15) is 13.9 Å². The number of halogens is 2. The standard InChI is InChI=1S/C28H30F2N4O3/c1-5-33-17-21(11-14-24(33)35)34-23-13-12-22(15-20(23)16-31-34)37-26(19-9-7-6-8-10-19)25(18(2)3)32-27(36)28(4,29)30/h6-18,25-26H,5H2,1-4H3,(H,32,36). The Kier molecular flexibility index (Phi) is 7.42. The molecule has 0 radical (unpaired) electrons. The van der Waals surface area contributed by atoms with Crippen molar-refractivity contribution < 1.29 is 18.3 Å². The molecule has 1 amide bonds. The van der Waals surface area contributed by atoms with Crippen LogP contribution in [0, 0.1) is 5.92 Å². The van der Waals surface area contributed by atoms with Gasteiger partial charge in [-0.1, -0.05) is 44.2 Å². The molecule has 9 heteroatoms. The Hall–Kier alpha value is -4.01. The third-order valence-electron chi connectivity index (χ3n) is 6.22. The van der Waals surface area contributed by atoms with Gasteiger partial charge in [-0.25, -0.2) is 4.68 Å². The summed E-state index contributed by atoms with van der Waals surface area (Å²) in [5, 5.41) is 7.77. The lowest BCUT2D eigenvalue weighted by molar-refractivity contribution is -0.145. The van der Waals surface area contributed by atoms with Gasteiger partial charge < -0.3 is 14.6 Å². The van der Waals surface area contributed by atoms with E-state index in [1.807, 2.05) is 63.2 Å². The topological polar surface area (TPSA) is 78.2 Å². The summed E-state index contributed by atoms with van der Waals surface area (Å²) >= 11 is 0. The number of hydrogen-bond donors (Lipinski definition) is 1. The Morgan fingerprint density at radius 3 is 2.49 bits per heavy atom. The van der Waals surface area contributed by atoms with E-state index in [2.05, 4.69) is 10.4 Å². The molecule has 0 fully saturated rings. The van der Waals surface area contributed by atoms with Crippen LogP contribution >= 0.6 is 0 Å². The van der Waals surface area contributed by atoms with Gasteiger partial charge in [0.25, 0.3) is 11.5 Å². The highest BCUT2D eigenvalue weighted by Crippen LogP contribution is 2.31. The van der Waals surface area contributed by atoms with Crippen molar-refractivity contribution >= 4 is 16.8 Å². The van der Waals surface area contributed by atoms with E-state index in [-0.39, 0.29) is 11.5 Å². The van der Waals surface area contributed by atoms with Crippen LogP contribution in [0.3, 0.4) is 0 Å². The normalized spacial score (nSPS) is 13.5. The zero-order valence-electron chi connectivity index (χ0n) is 21.2. The van der Waals surface area contributed by atoms with Crippen molar-refractivity contribution in [2.24, 2.45) is 5.92 Å². The van der Waals surface area contributed by atoms with E-state index < -0.39 is 24.0 Å². The van der Waals surface area contributed by atoms with E-state index in [1.54, 1.807) is 33.8 Å². The maximum Gasteiger partial charge on any atom is 0.321 e. The number of amides is 1. The predicted octanol–water partition coefficient (Wildman–Crippen LogP) is 5.12. The van der Waals surface area contributed by atoms with Crippen molar-refractivity contribution in [3.63, 3.8) is 0 Å². The van der Waals surface area contributed by atoms with Crippen LogP contribution in [-0.4, -0.2) is 32.2 Å². The molecule has 4 rings (SSSR count). The number of hydrogen-bond acceptors (Lipinski definition) is 4. The van der Waals surface area contributed by atoms with E-state index in [1.165, 1.54) is 6.07 Å². The molecule has 2 atom stereocenters. The first-order chi connectivity index (χ1) is 17.6. The maximum atomic E-state index is 13.7. The summed E-state index contributed by atoms with van der Waals surface area (Å²) < 4.78 is 37.2. The van der Waals surface area contributed by atoms with E-state index in [0.717, 1.165) is 22.2 Å². The summed E-state index contributed by atoms with van der Waals surface area (Å²) in [6, 6.07) is 17.2. The highest BCUT2D eigenvalue weighted by molar-refractivity contribution is 5.83. The lowest BCUT2D eigenvalue weighted by Gasteiger charge is -2.32. The molecular weight excluding hydrogens is 478 g/mol. The summed E-state index contributed by atoms with van der Waals surface area (Å²) in [4.78, 5) is 24.2. The quantitative estimate of drug-likeness (QED) is 0.340. The van der Waals surface area contributed by atoms with Gasteiger partial charge in [0, 0.05) is 31.1 Å². The maximum absolute atomic E-state index is 13.7. The molecule has 2 unspecified atom stereocenters. The van der Waals surface area contributed by atoms with E-state index in [9.17, 15) is 18.4 Å².